The van der Waals surface area contributed by atoms with Crippen LogP contribution in [0.2, 0.25) is 0 Å². The number of carbonyl (C=O) groups excluding carboxylic acids is 2. The number of carboxylic acids is 1. The van der Waals surface area contributed by atoms with E-state index < -0.39 is 48.1 Å². The van der Waals surface area contributed by atoms with Gasteiger partial charge in [0.15, 0.2) is 6.04 Å². The molecular formula is C13H23N3O6. The second-order valence-corrected chi connectivity index (χ2v) is 5.44. The number of carboxylic acid groups (broad SMARTS) is 1. The molecule has 0 radical (unpaired) electrons. The van der Waals surface area contributed by atoms with Crippen molar-refractivity contribution in [3.05, 3.63) is 0 Å². The Morgan fingerprint density at radius 2 is 1.68 bits per heavy atom. The van der Waals surface area contributed by atoms with E-state index in [1.54, 1.807) is 0 Å². The average Bonchev–Trinajstić information content (AvgIpc) is 2.94. The van der Waals surface area contributed by atoms with Crippen molar-refractivity contribution in [3.63, 3.8) is 0 Å². The number of amides is 2. The highest BCUT2D eigenvalue weighted by Gasteiger charge is 2.33. The highest BCUT2D eigenvalue weighted by Crippen LogP contribution is 2.06. The summed E-state index contributed by atoms with van der Waals surface area (Å²) in [7, 11) is 0. The minimum absolute atomic E-state index is 0.428. The van der Waals surface area contributed by atoms with Crippen molar-refractivity contribution < 1.29 is 29.7 Å². The third kappa shape index (κ3) is 4.93. The number of rotatable bonds is 7. The maximum atomic E-state index is 12.1. The van der Waals surface area contributed by atoms with Crippen LogP contribution in [-0.2, 0) is 14.4 Å². The largest absolute Gasteiger partial charge is 0.480 e. The molecule has 0 aromatic heterocycles. The van der Waals surface area contributed by atoms with Gasteiger partial charge in [-0.25, -0.2) is 4.79 Å². The lowest BCUT2D eigenvalue weighted by atomic mass is 10.1. The molecule has 0 bridgehead atoms. The third-order valence-electron chi connectivity index (χ3n) is 3.49. The third-order valence-corrected chi connectivity index (χ3v) is 3.49. The van der Waals surface area contributed by atoms with Crippen molar-refractivity contribution in [2.75, 3.05) is 6.54 Å². The van der Waals surface area contributed by atoms with Crippen molar-refractivity contribution in [3.8, 4) is 0 Å². The molecule has 9 heteroatoms. The lowest BCUT2D eigenvalue weighted by molar-refractivity contribution is -0.145. The van der Waals surface area contributed by atoms with Crippen molar-refractivity contribution in [1.82, 2.24) is 16.0 Å². The maximum absolute atomic E-state index is 12.1. The fourth-order valence-electron chi connectivity index (χ4n) is 2.20. The van der Waals surface area contributed by atoms with E-state index in [1.165, 1.54) is 13.8 Å². The molecular weight excluding hydrogens is 294 g/mol. The Hall–Kier alpha value is -1.71. The summed E-state index contributed by atoms with van der Waals surface area (Å²) >= 11 is 0. The molecule has 1 aliphatic rings. The van der Waals surface area contributed by atoms with Gasteiger partial charge in [-0.3, -0.25) is 9.59 Å². The quantitative estimate of drug-likeness (QED) is 0.305. The molecule has 22 heavy (non-hydrogen) atoms. The first-order valence-corrected chi connectivity index (χ1v) is 7.17. The van der Waals surface area contributed by atoms with Crippen LogP contribution in [0.1, 0.15) is 26.7 Å². The number of carbonyl (C=O) groups is 3. The minimum Gasteiger partial charge on any atom is -0.480 e. The van der Waals surface area contributed by atoms with Crippen LogP contribution >= 0.6 is 0 Å². The molecule has 0 spiro atoms. The summed E-state index contributed by atoms with van der Waals surface area (Å²) in [6.07, 6.45) is -1.06. The molecule has 2 amide bonds. The topological polar surface area (TPSA) is 148 Å². The number of hydrogen-bond donors (Lipinski definition) is 6. The van der Waals surface area contributed by atoms with E-state index in [9.17, 15) is 24.6 Å². The first-order chi connectivity index (χ1) is 10.2. The summed E-state index contributed by atoms with van der Waals surface area (Å²) in [5.74, 6) is -2.70. The minimum atomic E-state index is -1.52. The molecule has 1 heterocycles. The van der Waals surface area contributed by atoms with E-state index in [-0.39, 0.29) is 0 Å². The molecule has 1 aliphatic heterocycles. The first-order valence-electron chi connectivity index (χ1n) is 7.17. The molecule has 0 aliphatic carbocycles. The zero-order chi connectivity index (χ0) is 16.9. The van der Waals surface area contributed by atoms with E-state index in [0.717, 1.165) is 6.42 Å². The number of aliphatic hydroxyl groups excluding tert-OH is 2. The van der Waals surface area contributed by atoms with Crippen molar-refractivity contribution in [2.45, 2.75) is 57.0 Å². The molecule has 1 saturated heterocycles. The summed E-state index contributed by atoms with van der Waals surface area (Å²) in [5.41, 5.74) is 0. The van der Waals surface area contributed by atoms with Crippen LogP contribution in [0, 0.1) is 0 Å². The van der Waals surface area contributed by atoms with Crippen molar-refractivity contribution in [2.24, 2.45) is 0 Å². The normalized spacial score (nSPS) is 23.2. The summed E-state index contributed by atoms with van der Waals surface area (Å²) in [5, 5.41) is 35.4. The summed E-state index contributed by atoms with van der Waals surface area (Å²) < 4.78 is 0. The first kappa shape index (κ1) is 18.3. The number of aliphatic hydroxyl groups is 2. The second kappa shape index (κ2) is 8.06. The Morgan fingerprint density at radius 1 is 1.09 bits per heavy atom. The number of aliphatic carboxylic acids is 1. The predicted octanol–water partition coefficient (Wildman–Crippen LogP) is -2.45. The van der Waals surface area contributed by atoms with Crippen LogP contribution in [0.5, 0.6) is 0 Å². The second-order valence-electron chi connectivity index (χ2n) is 5.44. The monoisotopic (exact) mass is 317 g/mol. The van der Waals surface area contributed by atoms with Crippen LogP contribution < -0.4 is 16.0 Å². The van der Waals surface area contributed by atoms with Gasteiger partial charge in [0.05, 0.1) is 18.2 Å². The standard InChI is InChI=1S/C13H23N3O6/c1-6(17)9(15-11(19)8-4-3-5-14-8)12(20)16-10(7(2)18)13(21)22/h6-10,14,17-18H,3-5H2,1-2H3,(H,15,19)(H,16,20)(H,21,22)/t6-,7-,8+,9+,10+/m1/s1. The van der Waals surface area contributed by atoms with Crippen LogP contribution in [0.25, 0.3) is 0 Å². The molecule has 9 nitrogen and oxygen atoms in total. The molecule has 1 fully saturated rings. The number of nitrogens with one attached hydrogen (secondary N) is 3. The van der Waals surface area contributed by atoms with Gasteiger partial charge in [0.2, 0.25) is 11.8 Å². The zero-order valence-corrected chi connectivity index (χ0v) is 12.6. The Labute approximate surface area is 128 Å². The van der Waals surface area contributed by atoms with Gasteiger partial charge in [-0.1, -0.05) is 0 Å². The maximum Gasteiger partial charge on any atom is 0.328 e. The Balaban J connectivity index is 2.70. The molecule has 0 unspecified atom stereocenters. The van der Waals surface area contributed by atoms with E-state index in [0.29, 0.717) is 13.0 Å². The SMILES string of the molecule is C[C@@H](O)[C@H](NC(=O)[C@@H](NC(=O)[C@@H]1CCCN1)[C@@H](C)O)C(=O)O. The van der Waals surface area contributed by atoms with Gasteiger partial charge in [-0.05, 0) is 33.2 Å². The Morgan fingerprint density at radius 3 is 2.09 bits per heavy atom. The van der Waals surface area contributed by atoms with E-state index in [1.807, 2.05) is 0 Å². The van der Waals surface area contributed by atoms with Crippen LogP contribution in [0.4, 0.5) is 0 Å². The fourth-order valence-corrected chi connectivity index (χ4v) is 2.20. The molecule has 0 aromatic rings. The smallest absolute Gasteiger partial charge is 0.328 e. The van der Waals surface area contributed by atoms with Gasteiger partial charge in [0.25, 0.3) is 0 Å². The lowest BCUT2D eigenvalue weighted by Crippen LogP contribution is -2.59. The molecule has 1 rings (SSSR count). The lowest BCUT2D eigenvalue weighted by Gasteiger charge is -2.25. The van der Waals surface area contributed by atoms with Gasteiger partial charge >= 0.3 is 5.97 Å². The van der Waals surface area contributed by atoms with Gasteiger partial charge in [-0.2, -0.15) is 0 Å². The van der Waals surface area contributed by atoms with Crippen LogP contribution in [-0.4, -0.2) is 70.0 Å². The van der Waals surface area contributed by atoms with Crippen molar-refractivity contribution in [1.29, 1.82) is 0 Å². The van der Waals surface area contributed by atoms with Crippen LogP contribution in [0.3, 0.4) is 0 Å². The van der Waals surface area contributed by atoms with E-state index in [4.69, 9.17) is 5.11 Å². The fraction of sp³-hybridized carbons (Fsp3) is 0.769. The Bertz CT molecular complexity index is 420. The van der Waals surface area contributed by atoms with Crippen molar-refractivity contribution >= 4 is 17.8 Å². The zero-order valence-electron chi connectivity index (χ0n) is 12.6. The van der Waals surface area contributed by atoms with E-state index >= 15 is 0 Å². The van der Waals surface area contributed by atoms with E-state index in [2.05, 4.69) is 16.0 Å². The van der Waals surface area contributed by atoms with Gasteiger partial charge in [-0.15, -0.1) is 0 Å². The van der Waals surface area contributed by atoms with Gasteiger partial charge < -0.3 is 31.3 Å². The van der Waals surface area contributed by atoms with Gasteiger partial charge in [0.1, 0.15) is 6.04 Å². The highest BCUT2D eigenvalue weighted by molar-refractivity contribution is 5.92. The predicted molar refractivity (Wildman–Crippen MR) is 75.9 cm³/mol. The van der Waals surface area contributed by atoms with Crippen LogP contribution in [0.15, 0.2) is 0 Å². The highest BCUT2D eigenvalue weighted by atomic mass is 16.4. The summed E-state index contributed by atoms with van der Waals surface area (Å²) in [6, 6.07) is -3.24. The molecule has 6 N–H and O–H groups in total. The molecule has 0 aromatic carbocycles. The molecule has 0 saturated carbocycles. The summed E-state index contributed by atoms with van der Waals surface area (Å²) in [4.78, 5) is 35.0. The van der Waals surface area contributed by atoms with Gasteiger partial charge in [0, 0.05) is 0 Å². The average molecular weight is 317 g/mol. The Kier molecular flexibility index (Phi) is 6.72. The number of hydrogen-bond acceptors (Lipinski definition) is 6. The summed E-state index contributed by atoms with van der Waals surface area (Å²) in [6.45, 7) is 3.23. The molecule has 126 valence electrons. The molecule has 5 atom stereocenters.